The summed E-state index contributed by atoms with van der Waals surface area (Å²) in [5, 5.41) is 11.3. The lowest BCUT2D eigenvalue weighted by Gasteiger charge is -2.38. The first-order chi connectivity index (χ1) is 15.7. The molecule has 5 heteroatoms. The number of benzene rings is 2. The number of rotatable bonds is 8. The van der Waals surface area contributed by atoms with Crippen LogP contribution in [-0.4, -0.2) is 55.9 Å². The van der Waals surface area contributed by atoms with Gasteiger partial charge in [0.05, 0.1) is 18.9 Å². The maximum Gasteiger partial charge on any atom is 0.142 e. The monoisotopic (exact) mass is 440 g/mol. The van der Waals surface area contributed by atoms with E-state index in [4.69, 9.17) is 4.74 Å². The van der Waals surface area contributed by atoms with Crippen LogP contribution in [0, 0.1) is 11.7 Å². The molecule has 1 saturated carbocycles. The van der Waals surface area contributed by atoms with E-state index in [1.807, 2.05) is 24.3 Å². The number of piperazine rings is 1. The quantitative estimate of drug-likeness (QED) is 0.622. The van der Waals surface area contributed by atoms with E-state index in [1.54, 1.807) is 13.2 Å². The zero-order valence-electron chi connectivity index (χ0n) is 19.3. The van der Waals surface area contributed by atoms with Gasteiger partial charge in [0.15, 0.2) is 0 Å². The standard InChI is InChI=1S/C27H37FN2O2/c1-32-26-14-8-7-13-25(26)30-19-17-29(18-20-30)16-15-23(22-11-5-6-12-24(22)28)27(31)21-9-3-2-4-10-21/h5-8,11-14,21,23,27,31H,2-4,9-10,15-20H2,1H3/t23-,27+/m1/s1. The van der Waals surface area contributed by atoms with Crippen LogP contribution >= 0.6 is 0 Å². The second-order valence-electron chi connectivity index (χ2n) is 9.31. The molecule has 1 saturated heterocycles. The minimum absolute atomic E-state index is 0.147. The molecule has 2 aliphatic rings. The topological polar surface area (TPSA) is 35.9 Å². The summed E-state index contributed by atoms with van der Waals surface area (Å²) < 4.78 is 20.2. The third kappa shape index (κ3) is 5.44. The average Bonchev–Trinajstić information content (AvgIpc) is 2.86. The number of hydrogen-bond donors (Lipinski definition) is 1. The molecule has 0 unspecified atom stereocenters. The fraction of sp³-hybridized carbons (Fsp3) is 0.556. The number of halogens is 1. The molecule has 1 heterocycles. The minimum Gasteiger partial charge on any atom is -0.495 e. The van der Waals surface area contributed by atoms with Gasteiger partial charge in [-0.3, -0.25) is 4.90 Å². The van der Waals surface area contributed by atoms with E-state index in [0.717, 1.165) is 63.4 Å². The third-order valence-electron chi connectivity index (χ3n) is 7.40. The Hall–Kier alpha value is -2.11. The predicted octanol–water partition coefficient (Wildman–Crippen LogP) is 5.07. The largest absolute Gasteiger partial charge is 0.495 e. The Morgan fingerprint density at radius 1 is 0.969 bits per heavy atom. The van der Waals surface area contributed by atoms with Crippen molar-refractivity contribution >= 4 is 5.69 Å². The van der Waals surface area contributed by atoms with Crippen LogP contribution in [0.5, 0.6) is 5.75 Å². The van der Waals surface area contributed by atoms with Crippen LogP contribution in [0.3, 0.4) is 0 Å². The zero-order chi connectivity index (χ0) is 22.3. The highest BCUT2D eigenvalue weighted by atomic mass is 19.1. The fourth-order valence-electron chi connectivity index (χ4n) is 5.52. The Balaban J connectivity index is 1.39. The second-order valence-corrected chi connectivity index (χ2v) is 9.31. The lowest BCUT2D eigenvalue weighted by Crippen LogP contribution is -2.47. The maximum atomic E-state index is 14.7. The molecule has 0 radical (unpaired) electrons. The van der Waals surface area contributed by atoms with Gasteiger partial charge in [-0.15, -0.1) is 0 Å². The molecular formula is C27H37FN2O2. The molecule has 2 atom stereocenters. The van der Waals surface area contributed by atoms with Crippen LogP contribution in [0.4, 0.5) is 10.1 Å². The van der Waals surface area contributed by atoms with Crippen molar-refractivity contribution in [1.29, 1.82) is 0 Å². The first kappa shape index (κ1) is 23.1. The van der Waals surface area contributed by atoms with Gasteiger partial charge in [-0.25, -0.2) is 4.39 Å². The lowest BCUT2D eigenvalue weighted by atomic mass is 9.77. The van der Waals surface area contributed by atoms with Crippen molar-refractivity contribution in [2.45, 2.75) is 50.5 Å². The van der Waals surface area contributed by atoms with Crippen molar-refractivity contribution < 1.29 is 14.2 Å². The Bertz CT molecular complexity index is 847. The Kier molecular flexibility index (Phi) is 8.04. The van der Waals surface area contributed by atoms with Gasteiger partial charge in [0.1, 0.15) is 11.6 Å². The zero-order valence-corrected chi connectivity index (χ0v) is 19.3. The summed E-state index contributed by atoms with van der Waals surface area (Å²) in [6.07, 6.45) is 6.04. The van der Waals surface area contributed by atoms with Gasteiger partial charge in [0.25, 0.3) is 0 Å². The van der Waals surface area contributed by atoms with Crippen LogP contribution in [0.25, 0.3) is 0 Å². The van der Waals surface area contributed by atoms with Crippen LogP contribution < -0.4 is 9.64 Å². The fourth-order valence-corrected chi connectivity index (χ4v) is 5.52. The van der Waals surface area contributed by atoms with Crippen molar-refractivity contribution in [2.75, 3.05) is 44.7 Å². The molecule has 1 aliphatic carbocycles. The van der Waals surface area contributed by atoms with Crippen molar-refractivity contribution in [3.63, 3.8) is 0 Å². The van der Waals surface area contributed by atoms with Crippen LogP contribution in [0.15, 0.2) is 48.5 Å². The molecule has 2 fully saturated rings. The molecule has 2 aromatic carbocycles. The summed E-state index contributed by atoms with van der Waals surface area (Å²) in [6.45, 7) is 4.68. The van der Waals surface area contributed by atoms with E-state index in [-0.39, 0.29) is 17.7 Å². The number of methoxy groups -OCH3 is 1. The van der Waals surface area contributed by atoms with Crippen molar-refractivity contribution in [3.05, 3.63) is 59.9 Å². The lowest BCUT2D eigenvalue weighted by molar-refractivity contribution is 0.0525. The number of ether oxygens (including phenoxy) is 1. The van der Waals surface area contributed by atoms with Crippen LogP contribution in [0.2, 0.25) is 0 Å². The highest BCUT2D eigenvalue weighted by molar-refractivity contribution is 5.58. The number of anilines is 1. The van der Waals surface area contributed by atoms with E-state index in [9.17, 15) is 9.50 Å². The highest BCUT2D eigenvalue weighted by Crippen LogP contribution is 2.36. The summed E-state index contributed by atoms with van der Waals surface area (Å²) in [5.41, 5.74) is 1.82. The number of para-hydroxylation sites is 2. The van der Waals surface area contributed by atoms with Crippen molar-refractivity contribution in [1.82, 2.24) is 4.90 Å². The molecule has 4 nitrogen and oxygen atoms in total. The van der Waals surface area contributed by atoms with Gasteiger partial charge >= 0.3 is 0 Å². The summed E-state index contributed by atoms with van der Waals surface area (Å²) in [4.78, 5) is 4.83. The average molecular weight is 441 g/mol. The van der Waals surface area contributed by atoms with E-state index in [1.165, 1.54) is 25.3 Å². The molecule has 0 amide bonds. The second kappa shape index (κ2) is 11.2. The predicted molar refractivity (Wildman–Crippen MR) is 128 cm³/mol. The van der Waals surface area contributed by atoms with Crippen molar-refractivity contribution in [2.24, 2.45) is 5.92 Å². The normalized spacial score (nSPS) is 20.2. The number of aliphatic hydroxyl groups is 1. The summed E-state index contributed by atoms with van der Waals surface area (Å²) in [7, 11) is 1.72. The summed E-state index contributed by atoms with van der Waals surface area (Å²) in [5.74, 6) is 0.867. The van der Waals surface area contributed by atoms with E-state index >= 15 is 0 Å². The van der Waals surface area contributed by atoms with Crippen molar-refractivity contribution in [3.8, 4) is 5.75 Å². The van der Waals surface area contributed by atoms with Crippen LogP contribution in [-0.2, 0) is 0 Å². The Morgan fingerprint density at radius 3 is 2.38 bits per heavy atom. The minimum atomic E-state index is -0.470. The first-order valence-electron chi connectivity index (χ1n) is 12.2. The molecule has 0 bridgehead atoms. The first-order valence-corrected chi connectivity index (χ1v) is 12.2. The highest BCUT2D eigenvalue weighted by Gasteiger charge is 2.32. The molecular weight excluding hydrogens is 403 g/mol. The van der Waals surface area contributed by atoms with Gasteiger partial charge in [0.2, 0.25) is 0 Å². The molecule has 0 aromatic heterocycles. The number of hydrogen-bond acceptors (Lipinski definition) is 4. The van der Waals surface area contributed by atoms with Gasteiger partial charge in [-0.1, -0.05) is 49.6 Å². The number of nitrogens with zero attached hydrogens (tertiary/aromatic N) is 2. The van der Waals surface area contributed by atoms with Gasteiger partial charge in [-0.05, 0) is 55.5 Å². The Morgan fingerprint density at radius 2 is 1.66 bits per heavy atom. The van der Waals surface area contributed by atoms with E-state index in [0.29, 0.717) is 5.56 Å². The molecule has 2 aromatic rings. The van der Waals surface area contributed by atoms with Gasteiger partial charge in [0, 0.05) is 32.1 Å². The van der Waals surface area contributed by atoms with Crippen LogP contribution in [0.1, 0.15) is 50.0 Å². The molecule has 1 N–H and O–H groups in total. The van der Waals surface area contributed by atoms with E-state index < -0.39 is 6.10 Å². The van der Waals surface area contributed by atoms with E-state index in [2.05, 4.69) is 21.9 Å². The van der Waals surface area contributed by atoms with Gasteiger partial charge < -0.3 is 14.7 Å². The summed E-state index contributed by atoms with van der Waals surface area (Å²) >= 11 is 0. The molecule has 0 spiro atoms. The molecule has 4 rings (SSSR count). The Labute approximate surface area is 192 Å². The molecule has 174 valence electrons. The number of aliphatic hydroxyl groups excluding tert-OH is 1. The van der Waals surface area contributed by atoms with Gasteiger partial charge in [-0.2, -0.15) is 0 Å². The third-order valence-corrected chi connectivity index (χ3v) is 7.40. The molecule has 1 aliphatic heterocycles. The summed E-state index contributed by atoms with van der Waals surface area (Å²) in [6, 6.07) is 15.2. The smallest absolute Gasteiger partial charge is 0.142 e. The molecule has 32 heavy (non-hydrogen) atoms. The maximum absolute atomic E-state index is 14.7. The SMILES string of the molecule is COc1ccccc1N1CCN(CC[C@H](c2ccccc2F)[C@@H](O)C2CCCCC2)CC1.